The van der Waals surface area contributed by atoms with Gasteiger partial charge in [-0.25, -0.2) is 4.39 Å². The Morgan fingerprint density at radius 1 is 1.35 bits per heavy atom. The van der Waals surface area contributed by atoms with Crippen molar-refractivity contribution >= 4 is 11.8 Å². The van der Waals surface area contributed by atoms with Crippen molar-refractivity contribution in [3.8, 4) is 6.07 Å². The first-order valence-electron chi connectivity index (χ1n) is 9.11. The zero-order valence-corrected chi connectivity index (χ0v) is 15.2. The molecule has 2 aliphatic rings. The normalized spacial score (nSPS) is 22.1. The molecule has 0 radical (unpaired) electrons. The van der Waals surface area contributed by atoms with Crippen molar-refractivity contribution in [1.29, 1.82) is 5.26 Å². The van der Waals surface area contributed by atoms with Gasteiger partial charge in [0.15, 0.2) is 0 Å². The van der Waals surface area contributed by atoms with E-state index in [0.29, 0.717) is 32.5 Å². The van der Waals surface area contributed by atoms with Crippen molar-refractivity contribution in [3.05, 3.63) is 35.6 Å². The highest BCUT2D eigenvalue weighted by Crippen LogP contribution is 2.46. The summed E-state index contributed by atoms with van der Waals surface area (Å²) in [5.41, 5.74) is -0.00247. The van der Waals surface area contributed by atoms with Gasteiger partial charge in [0.25, 0.3) is 0 Å². The molecule has 5 nitrogen and oxygen atoms in total. The van der Waals surface area contributed by atoms with E-state index in [9.17, 15) is 19.2 Å². The van der Waals surface area contributed by atoms with E-state index in [1.807, 2.05) is 13.8 Å². The third-order valence-corrected chi connectivity index (χ3v) is 5.42. The molecule has 0 bridgehead atoms. The molecule has 1 saturated carbocycles. The second kappa shape index (κ2) is 7.06. The van der Waals surface area contributed by atoms with Gasteiger partial charge in [-0.05, 0) is 36.5 Å². The van der Waals surface area contributed by atoms with Gasteiger partial charge in [-0.1, -0.05) is 26.0 Å². The lowest BCUT2D eigenvalue weighted by molar-refractivity contribution is -0.136. The Morgan fingerprint density at radius 3 is 2.54 bits per heavy atom. The molecule has 1 heterocycles. The van der Waals surface area contributed by atoms with E-state index in [1.165, 1.54) is 12.1 Å². The number of hydrogen-bond acceptors (Lipinski definition) is 3. The lowest BCUT2D eigenvalue weighted by Gasteiger charge is -2.35. The van der Waals surface area contributed by atoms with Crippen molar-refractivity contribution in [2.75, 3.05) is 13.1 Å². The van der Waals surface area contributed by atoms with Crippen LogP contribution >= 0.6 is 0 Å². The number of nitrogens with zero attached hydrogens (tertiary/aromatic N) is 3. The molecule has 26 heavy (non-hydrogen) atoms. The monoisotopic (exact) mass is 357 g/mol. The quantitative estimate of drug-likeness (QED) is 0.832. The summed E-state index contributed by atoms with van der Waals surface area (Å²) in [6.07, 6.45) is 1.47. The van der Waals surface area contributed by atoms with E-state index in [1.54, 1.807) is 21.9 Å². The van der Waals surface area contributed by atoms with Crippen LogP contribution in [0.15, 0.2) is 24.3 Å². The number of benzene rings is 1. The smallest absolute Gasteiger partial charge is 0.243 e. The molecule has 0 aromatic heterocycles. The number of carbonyl (C=O) groups excluding carboxylic acids is 2. The van der Waals surface area contributed by atoms with Crippen molar-refractivity contribution in [2.45, 2.75) is 45.7 Å². The number of hydrogen-bond donors (Lipinski definition) is 0. The fourth-order valence-electron chi connectivity index (χ4n) is 3.52. The molecule has 1 saturated heterocycles. The number of amides is 2. The van der Waals surface area contributed by atoms with E-state index in [4.69, 9.17) is 0 Å². The summed E-state index contributed by atoms with van der Waals surface area (Å²) >= 11 is 0. The molecule has 6 heteroatoms. The zero-order valence-electron chi connectivity index (χ0n) is 15.2. The number of rotatable bonds is 4. The maximum absolute atomic E-state index is 13.2. The maximum atomic E-state index is 13.2. The van der Waals surface area contributed by atoms with Gasteiger partial charge in [-0.3, -0.25) is 9.59 Å². The molecule has 1 unspecified atom stereocenters. The predicted octanol–water partition coefficient (Wildman–Crippen LogP) is 2.71. The minimum Gasteiger partial charge on any atom is -0.339 e. The van der Waals surface area contributed by atoms with Gasteiger partial charge in [0.1, 0.15) is 11.2 Å². The van der Waals surface area contributed by atoms with Crippen LogP contribution in [-0.2, 0) is 16.1 Å². The van der Waals surface area contributed by atoms with Crippen molar-refractivity contribution < 1.29 is 14.0 Å². The van der Waals surface area contributed by atoms with Gasteiger partial charge in [0.05, 0.1) is 12.1 Å². The Bertz CT molecular complexity index is 734. The van der Waals surface area contributed by atoms with Gasteiger partial charge in [-0.15, -0.1) is 0 Å². The van der Waals surface area contributed by atoms with E-state index < -0.39 is 5.41 Å². The fourth-order valence-corrected chi connectivity index (χ4v) is 3.52. The summed E-state index contributed by atoms with van der Waals surface area (Å²) in [5.74, 6) is -0.295. The fraction of sp³-hybridized carbons (Fsp3) is 0.550. The molecule has 138 valence electrons. The molecule has 1 aliphatic heterocycles. The molecule has 0 N–H and O–H groups in total. The maximum Gasteiger partial charge on any atom is 0.243 e. The van der Waals surface area contributed by atoms with Crippen LogP contribution in [0.1, 0.15) is 38.7 Å². The molecule has 1 aromatic carbocycles. The number of carbonyl (C=O) groups is 2. The molecule has 2 fully saturated rings. The molecular formula is C20H24FN3O2. The Labute approximate surface area is 153 Å². The summed E-state index contributed by atoms with van der Waals surface area (Å²) in [6, 6.07) is 8.17. The van der Waals surface area contributed by atoms with Crippen LogP contribution in [0.5, 0.6) is 0 Å². The van der Waals surface area contributed by atoms with Crippen molar-refractivity contribution in [1.82, 2.24) is 9.80 Å². The standard InChI is InChI=1S/C20H24FN3O2/c1-14(2)17-12-23(19(26)20(13-22)8-9-20)10-7-18(25)24(17)11-15-3-5-16(21)6-4-15/h3-6,14,17H,7-12H2,1-2H3. The first-order chi connectivity index (χ1) is 12.4. The van der Waals surface area contributed by atoms with Crippen LogP contribution in [0.4, 0.5) is 4.39 Å². The summed E-state index contributed by atoms with van der Waals surface area (Å²) in [5, 5.41) is 9.32. The Morgan fingerprint density at radius 2 is 2.00 bits per heavy atom. The molecule has 0 spiro atoms. The van der Waals surface area contributed by atoms with E-state index in [-0.39, 0.29) is 36.0 Å². The molecule has 1 atom stereocenters. The highest BCUT2D eigenvalue weighted by Gasteiger charge is 2.53. The summed E-state index contributed by atoms with van der Waals surface area (Å²) in [6.45, 7) is 5.24. The number of halogens is 1. The minimum absolute atomic E-state index is 0.00914. The van der Waals surface area contributed by atoms with Crippen molar-refractivity contribution in [3.63, 3.8) is 0 Å². The molecule has 1 aromatic rings. The second-order valence-electron chi connectivity index (χ2n) is 7.65. The first-order valence-corrected chi connectivity index (χ1v) is 9.11. The third-order valence-electron chi connectivity index (χ3n) is 5.42. The minimum atomic E-state index is -0.864. The van der Waals surface area contributed by atoms with Gasteiger partial charge in [0, 0.05) is 26.1 Å². The first kappa shape index (κ1) is 18.4. The zero-order chi connectivity index (χ0) is 18.9. The highest BCUT2D eigenvalue weighted by molar-refractivity contribution is 5.89. The van der Waals surface area contributed by atoms with Crippen LogP contribution in [0.3, 0.4) is 0 Å². The van der Waals surface area contributed by atoms with Gasteiger partial charge in [0.2, 0.25) is 11.8 Å². The topological polar surface area (TPSA) is 64.4 Å². The average Bonchev–Trinajstić information content (AvgIpc) is 3.43. The van der Waals surface area contributed by atoms with E-state index in [0.717, 1.165) is 5.56 Å². The molecular weight excluding hydrogens is 333 g/mol. The van der Waals surface area contributed by atoms with Crippen molar-refractivity contribution in [2.24, 2.45) is 11.3 Å². The molecule has 1 aliphatic carbocycles. The summed E-state index contributed by atoms with van der Waals surface area (Å²) in [4.78, 5) is 29.0. The third kappa shape index (κ3) is 3.57. The Kier molecular flexibility index (Phi) is 4.99. The number of nitriles is 1. The van der Waals surface area contributed by atoms with Crippen LogP contribution in [-0.4, -0.2) is 40.7 Å². The van der Waals surface area contributed by atoms with E-state index in [2.05, 4.69) is 6.07 Å². The van der Waals surface area contributed by atoms with Crippen LogP contribution in [0.2, 0.25) is 0 Å². The molecule has 3 rings (SSSR count). The van der Waals surface area contributed by atoms with Gasteiger partial charge in [-0.2, -0.15) is 5.26 Å². The van der Waals surface area contributed by atoms with Crippen LogP contribution in [0.25, 0.3) is 0 Å². The largest absolute Gasteiger partial charge is 0.339 e. The van der Waals surface area contributed by atoms with Gasteiger partial charge >= 0.3 is 0 Å². The SMILES string of the molecule is CC(C)C1CN(C(=O)C2(C#N)CC2)CCC(=O)N1Cc1ccc(F)cc1. The Balaban J connectivity index is 1.81. The van der Waals surface area contributed by atoms with Crippen LogP contribution < -0.4 is 0 Å². The molecule has 2 amide bonds. The lowest BCUT2D eigenvalue weighted by Crippen LogP contribution is -2.48. The van der Waals surface area contributed by atoms with E-state index >= 15 is 0 Å². The lowest BCUT2D eigenvalue weighted by atomic mass is 10.00. The highest BCUT2D eigenvalue weighted by atomic mass is 19.1. The predicted molar refractivity (Wildman–Crippen MR) is 94.1 cm³/mol. The summed E-state index contributed by atoms with van der Waals surface area (Å²) < 4.78 is 13.2. The Hall–Kier alpha value is -2.42. The average molecular weight is 357 g/mol. The van der Waals surface area contributed by atoms with Gasteiger partial charge < -0.3 is 9.80 Å². The van der Waals surface area contributed by atoms with Crippen LogP contribution in [0, 0.1) is 28.5 Å². The second-order valence-corrected chi connectivity index (χ2v) is 7.65. The summed E-state index contributed by atoms with van der Waals surface area (Å²) in [7, 11) is 0.